The van der Waals surface area contributed by atoms with E-state index in [0.29, 0.717) is 0 Å². The maximum atomic E-state index is 2.60. The summed E-state index contributed by atoms with van der Waals surface area (Å²) in [5, 5.41) is 0. The molecule has 214 valence electrons. The molecule has 1 atom stereocenters. The van der Waals surface area contributed by atoms with Gasteiger partial charge in [-0.2, -0.15) is 0 Å². The van der Waals surface area contributed by atoms with Gasteiger partial charge in [-0.1, -0.05) is 136 Å². The predicted octanol–water partition coefficient (Wildman–Crippen LogP) is 7.72. The van der Waals surface area contributed by atoms with Crippen LogP contribution >= 0.6 is 0 Å². The van der Waals surface area contributed by atoms with Gasteiger partial charge in [0, 0.05) is 12.1 Å². The number of hydrogen-bond donors (Lipinski definition) is 0. The van der Waals surface area contributed by atoms with E-state index < -0.39 is 5.41 Å². The molecule has 1 nitrogen and oxygen atoms in total. The van der Waals surface area contributed by atoms with E-state index in [4.69, 9.17) is 0 Å². The van der Waals surface area contributed by atoms with Gasteiger partial charge in [0.25, 0.3) is 0 Å². The Bertz CT molecular complexity index is 2130. The first-order chi connectivity index (χ1) is 21.9. The summed E-state index contributed by atoms with van der Waals surface area (Å²) in [6, 6.07) is 42.9. The third-order valence-corrected chi connectivity index (χ3v) is 11.1. The van der Waals surface area contributed by atoms with Crippen LogP contribution in [0.1, 0.15) is 66.8 Å². The molecule has 0 N–H and O–H groups in total. The molecule has 0 saturated heterocycles. The molecule has 1 spiro atoms. The second-order valence-corrected chi connectivity index (χ2v) is 14.0. The molecule has 6 aromatic rings. The van der Waals surface area contributed by atoms with E-state index in [9.17, 15) is 0 Å². The lowest BCUT2D eigenvalue weighted by molar-refractivity contribution is 0.728. The summed E-state index contributed by atoms with van der Waals surface area (Å²) in [5.41, 5.74) is 24.9. The third kappa shape index (κ3) is 3.15. The lowest BCUT2D eigenvalue weighted by Gasteiger charge is -2.53. The van der Waals surface area contributed by atoms with Gasteiger partial charge in [-0.05, 0) is 90.8 Å². The van der Waals surface area contributed by atoms with Crippen LogP contribution in [0.4, 0.5) is 17.1 Å². The Hall–Kier alpha value is -4.82. The van der Waals surface area contributed by atoms with E-state index in [1.54, 1.807) is 0 Å². The average molecular weight is 576 g/mol. The van der Waals surface area contributed by atoms with E-state index >= 15 is 0 Å². The molecular formula is C43H34BN. The van der Waals surface area contributed by atoms with Crippen LogP contribution < -0.4 is 21.3 Å². The molecule has 10 rings (SSSR count). The van der Waals surface area contributed by atoms with Crippen molar-refractivity contribution in [3.05, 3.63) is 176 Å². The van der Waals surface area contributed by atoms with Gasteiger partial charge in [-0.15, -0.1) is 0 Å². The van der Waals surface area contributed by atoms with E-state index in [2.05, 4.69) is 142 Å². The van der Waals surface area contributed by atoms with Crippen molar-refractivity contribution in [2.45, 2.75) is 46.0 Å². The van der Waals surface area contributed by atoms with Crippen LogP contribution in [0.15, 0.2) is 109 Å². The summed E-state index contributed by atoms with van der Waals surface area (Å²) in [6.45, 7) is 9.27. The minimum absolute atomic E-state index is 0.233. The molecular weight excluding hydrogens is 541 g/mol. The zero-order valence-electron chi connectivity index (χ0n) is 26.3. The molecule has 0 amide bonds. The van der Waals surface area contributed by atoms with Crippen LogP contribution in [0, 0.1) is 27.7 Å². The minimum atomic E-state index is -0.420. The number of fused-ring (bicyclic) bond motifs is 12. The second kappa shape index (κ2) is 8.67. The van der Waals surface area contributed by atoms with Crippen molar-refractivity contribution in [3.8, 4) is 0 Å². The van der Waals surface area contributed by atoms with Gasteiger partial charge in [0.15, 0.2) is 0 Å². The van der Waals surface area contributed by atoms with Crippen LogP contribution in [0.3, 0.4) is 0 Å². The first-order valence-corrected chi connectivity index (χ1v) is 16.4. The highest BCUT2D eigenvalue weighted by molar-refractivity contribution is 6.97. The summed E-state index contributed by atoms with van der Waals surface area (Å²) in [6.07, 6.45) is 1.95. The van der Waals surface area contributed by atoms with Crippen molar-refractivity contribution in [3.63, 3.8) is 0 Å². The fourth-order valence-corrected chi connectivity index (χ4v) is 9.66. The van der Waals surface area contributed by atoms with Gasteiger partial charge in [0.1, 0.15) is 0 Å². The molecule has 0 fully saturated rings. The van der Waals surface area contributed by atoms with E-state index in [0.717, 1.165) is 12.8 Å². The van der Waals surface area contributed by atoms with Gasteiger partial charge in [0.05, 0.1) is 16.8 Å². The molecule has 0 aliphatic carbocycles. The molecule has 1 unspecified atom stereocenters. The SMILES string of the molecule is Cc1ccc2c(c1)Cc1cc(C)cc3c1B2c1ccccc1C31c2ccccc2N2c3ccc(C)cc3Cc3cc(C)cc1c32. The summed E-state index contributed by atoms with van der Waals surface area (Å²) >= 11 is 0. The maximum absolute atomic E-state index is 2.60. The van der Waals surface area contributed by atoms with Gasteiger partial charge >= 0.3 is 0 Å². The van der Waals surface area contributed by atoms with Gasteiger partial charge < -0.3 is 4.90 Å². The highest BCUT2D eigenvalue weighted by atomic mass is 15.2. The molecule has 6 aromatic carbocycles. The summed E-state index contributed by atoms with van der Waals surface area (Å²) in [4.78, 5) is 2.60. The standard InChI is InChI=1S/C43H34BN/c1-25-13-15-37-29(17-25)23-31-19-27(3)21-35-41(31)44(37)38-11-7-5-9-33(38)43(35)34-10-6-8-12-40(34)45-39-16-14-26(2)18-30(39)24-32-20-28(4)22-36(43)42(32)45/h5-22H,23-24H2,1-4H3. The lowest BCUT2D eigenvalue weighted by Crippen LogP contribution is -2.65. The lowest BCUT2D eigenvalue weighted by atomic mass is 9.28. The van der Waals surface area contributed by atoms with Crippen molar-refractivity contribution in [2.75, 3.05) is 4.90 Å². The molecule has 4 aliphatic heterocycles. The topological polar surface area (TPSA) is 3.24 Å². The number of aryl methyl sites for hydroxylation is 4. The van der Waals surface area contributed by atoms with Crippen LogP contribution in [-0.2, 0) is 18.3 Å². The summed E-state index contributed by atoms with van der Waals surface area (Å²) in [7, 11) is 0. The van der Waals surface area contributed by atoms with Crippen LogP contribution in [0.5, 0.6) is 0 Å². The van der Waals surface area contributed by atoms with E-state index in [1.807, 2.05) is 0 Å². The fourth-order valence-electron chi connectivity index (χ4n) is 9.66. The Balaban J connectivity index is 1.39. The summed E-state index contributed by atoms with van der Waals surface area (Å²) in [5.74, 6) is 0. The average Bonchev–Trinajstić information content (AvgIpc) is 3.03. The monoisotopic (exact) mass is 575 g/mol. The minimum Gasteiger partial charge on any atom is -0.309 e. The number of anilines is 3. The van der Waals surface area contributed by atoms with Crippen LogP contribution in [0.25, 0.3) is 0 Å². The van der Waals surface area contributed by atoms with Crippen LogP contribution in [-0.4, -0.2) is 6.71 Å². The maximum Gasteiger partial charge on any atom is 0.242 e. The Morgan fingerprint density at radius 2 is 1.13 bits per heavy atom. The number of nitrogens with zero attached hydrogens (tertiary/aromatic N) is 1. The number of hydrogen-bond acceptors (Lipinski definition) is 1. The zero-order valence-corrected chi connectivity index (χ0v) is 26.3. The van der Waals surface area contributed by atoms with Gasteiger partial charge in [-0.3, -0.25) is 0 Å². The Labute approximate surface area is 266 Å². The number of benzene rings is 6. The van der Waals surface area contributed by atoms with Crippen molar-refractivity contribution in [1.82, 2.24) is 0 Å². The third-order valence-electron chi connectivity index (χ3n) is 11.1. The zero-order chi connectivity index (χ0) is 30.2. The second-order valence-electron chi connectivity index (χ2n) is 14.0. The first-order valence-electron chi connectivity index (χ1n) is 16.4. The highest BCUT2D eigenvalue weighted by Crippen LogP contribution is 2.61. The number of rotatable bonds is 0. The quantitative estimate of drug-likeness (QED) is 0.167. The predicted molar refractivity (Wildman–Crippen MR) is 189 cm³/mol. The van der Waals surface area contributed by atoms with Gasteiger partial charge in [-0.25, -0.2) is 0 Å². The van der Waals surface area contributed by atoms with Crippen molar-refractivity contribution < 1.29 is 0 Å². The molecule has 0 radical (unpaired) electrons. The molecule has 4 heterocycles. The fraction of sp³-hybridized carbons (Fsp3) is 0.163. The van der Waals surface area contributed by atoms with Crippen LogP contribution in [0.2, 0.25) is 0 Å². The molecule has 0 aromatic heterocycles. The van der Waals surface area contributed by atoms with E-state index in [1.165, 1.54) is 100 Å². The molecule has 0 bridgehead atoms. The largest absolute Gasteiger partial charge is 0.309 e. The molecule has 45 heavy (non-hydrogen) atoms. The highest BCUT2D eigenvalue weighted by Gasteiger charge is 2.55. The van der Waals surface area contributed by atoms with Crippen molar-refractivity contribution >= 4 is 40.2 Å². The van der Waals surface area contributed by atoms with Crippen molar-refractivity contribution in [1.29, 1.82) is 0 Å². The molecule has 4 aliphatic rings. The van der Waals surface area contributed by atoms with E-state index in [-0.39, 0.29) is 6.71 Å². The summed E-state index contributed by atoms with van der Waals surface area (Å²) < 4.78 is 0. The van der Waals surface area contributed by atoms with Gasteiger partial charge in [0.2, 0.25) is 6.71 Å². The normalized spacial score (nSPS) is 17.6. The smallest absolute Gasteiger partial charge is 0.242 e. The Kier molecular flexibility index (Phi) is 4.91. The Morgan fingerprint density at radius 3 is 1.98 bits per heavy atom. The first kappa shape index (κ1) is 25.5. The Morgan fingerprint density at radius 1 is 0.489 bits per heavy atom. The number of para-hydroxylation sites is 1. The molecule has 2 heteroatoms. The van der Waals surface area contributed by atoms with Crippen molar-refractivity contribution in [2.24, 2.45) is 0 Å². The molecule has 0 saturated carbocycles.